The van der Waals surface area contributed by atoms with Crippen LogP contribution >= 0.6 is 11.6 Å². The van der Waals surface area contributed by atoms with E-state index in [-0.39, 0.29) is 23.2 Å². The molecule has 0 unspecified atom stereocenters. The zero-order valence-electron chi connectivity index (χ0n) is 14.2. The minimum Gasteiger partial charge on any atom is -0.348 e. The second kappa shape index (κ2) is 7.97. The molecule has 1 aromatic heterocycles. The van der Waals surface area contributed by atoms with Gasteiger partial charge in [-0.2, -0.15) is 9.78 Å². The van der Waals surface area contributed by atoms with E-state index in [2.05, 4.69) is 10.4 Å². The summed E-state index contributed by atoms with van der Waals surface area (Å²) in [6.45, 7) is 1.90. The number of aromatic nitrogens is 2. The summed E-state index contributed by atoms with van der Waals surface area (Å²) in [4.78, 5) is 24.6. The second-order valence-electron chi connectivity index (χ2n) is 5.97. The predicted octanol–water partition coefficient (Wildman–Crippen LogP) is 3.25. The van der Waals surface area contributed by atoms with Gasteiger partial charge in [-0.05, 0) is 43.2 Å². The SMILES string of the molecule is C[C@@H](Cc1ccccc1Cl)NC(=O)c1ccc(=O)n(-c2ccccc2)n1. The van der Waals surface area contributed by atoms with Gasteiger partial charge in [0, 0.05) is 17.1 Å². The molecule has 1 atom stereocenters. The van der Waals surface area contributed by atoms with Crippen molar-refractivity contribution in [2.75, 3.05) is 0 Å². The van der Waals surface area contributed by atoms with Crippen LogP contribution in [0.25, 0.3) is 5.69 Å². The lowest BCUT2D eigenvalue weighted by molar-refractivity contribution is 0.0933. The van der Waals surface area contributed by atoms with Crippen molar-refractivity contribution in [2.24, 2.45) is 0 Å². The van der Waals surface area contributed by atoms with Gasteiger partial charge in [-0.15, -0.1) is 0 Å². The first-order valence-electron chi connectivity index (χ1n) is 8.24. The molecule has 1 amide bonds. The summed E-state index contributed by atoms with van der Waals surface area (Å²) in [5.74, 6) is -0.339. The second-order valence-corrected chi connectivity index (χ2v) is 6.38. The molecule has 3 aromatic rings. The molecular weight excluding hydrogens is 350 g/mol. The van der Waals surface area contributed by atoms with Gasteiger partial charge >= 0.3 is 0 Å². The normalized spacial score (nSPS) is 11.8. The number of hydrogen-bond donors (Lipinski definition) is 1. The number of para-hydroxylation sites is 1. The van der Waals surface area contributed by atoms with Crippen LogP contribution in [-0.2, 0) is 6.42 Å². The Morgan fingerprint density at radius 1 is 1.08 bits per heavy atom. The summed E-state index contributed by atoms with van der Waals surface area (Å²) in [7, 11) is 0. The molecule has 1 heterocycles. The average molecular weight is 368 g/mol. The molecule has 0 saturated carbocycles. The van der Waals surface area contributed by atoms with E-state index < -0.39 is 0 Å². The van der Waals surface area contributed by atoms with Gasteiger partial charge in [-0.3, -0.25) is 9.59 Å². The number of carbonyl (C=O) groups is 1. The fourth-order valence-corrected chi connectivity index (χ4v) is 2.84. The van der Waals surface area contributed by atoms with E-state index in [4.69, 9.17) is 11.6 Å². The molecule has 1 N–H and O–H groups in total. The molecule has 132 valence electrons. The molecule has 26 heavy (non-hydrogen) atoms. The van der Waals surface area contributed by atoms with E-state index in [0.717, 1.165) is 5.56 Å². The van der Waals surface area contributed by atoms with E-state index in [1.807, 2.05) is 49.4 Å². The van der Waals surface area contributed by atoms with Crippen molar-refractivity contribution in [3.8, 4) is 5.69 Å². The lowest BCUT2D eigenvalue weighted by Crippen LogP contribution is -2.36. The largest absolute Gasteiger partial charge is 0.348 e. The third-order valence-electron chi connectivity index (χ3n) is 3.90. The summed E-state index contributed by atoms with van der Waals surface area (Å²) in [5.41, 5.74) is 1.46. The van der Waals surface area contributed by atoms with Crippen LogP contribution in [-0.4, -0.2) is 21.7 Å². The highest BCUT2D eigenvalue weighted by molar-refractivity contribution is 6.31. The van der Waals surface area contributed by atoms with E-state index in [1.54, 1.807) is 12.1 Å². The van der Waals surface area contributed by atoms with E-state index in [9.17, 15) is 9.59 Å². The third-order valence-corrected chi connectivity index (χ3v) is 4.26. The Kier molecular flexibility index (Phi) is 5.49. The summed E-state index contributed by atoms with van der Waals surface area (Å²) in [6.07, 6.45) is 0.601. The zero-order chi connectivity index (χ0) is 18.5. The van der Waals surface area contributed by atoms with Crippen LogP contribution < -0.4 is 10.9 Å². The number of nitrogens with zero attached hydrogens (tertiary/aromatic N) is 2. The fraction of sp³-hybridized carbons (Fsp3) is 0.150. The molecule has 6 heteroatoms. The van der Waals surface area contributed by atoms with Crippen molar-refractivity contribution in [3.63, 3.8) is 0 Å². The molecule has 3 rings (SSSR count). The quantitative estimate of drug-likeness (QED) is 0.752. The Bertz CT molecular complexity index is 970. The van der Waals surface area contributed by atoms with Gasteiger partial charge in [0.1, 0.15) is 5.69 Å². The summed E-state index contributed by atoms with van der Waals surface area (Å²) < 4.78 is 1.22. The van der Waals surface area contributed by atoms with Gasteiger partial charge in [0.05, 0.1) is 5.69 Å². The molecule has 0 bridgehead atoms. The van der Waals surface area contributed by atoms with E-state index >= 15 is 0 Å². The zero-order valence-corrected chi connectivity index (χ0v) is 15.0. The maximum Gasteiger partial charge on any atom is 0.271 e. The van der Waals surface area contributed by atoms with Crippen molar-refractivity contribution in [2.45, 2.75) is 19.4 Å². The molecule has 0 aliphatic heterocycles. The van der Waals surface area contributed by atoms with Crippen LogP contribution in [0.2, 0.25) is 5.02 Å². The monoisotopic (exact) mass is 367 g/mol. The maximum atomic E-state index is 12.5. The summed E-state index contributed by atoms with van der Waals surface area (Å²) >= 11 is 6.16. The molecule has 0 radical (unpaired) electrons. The number of amides is 1. The molecule has 0 saturated heterocycles. The lowest BCUT2D eigenvalue weighted by Gasteiger charge is -2.15. The van der Waals surface area contributed by atoms with Crippen LogP contribution in [0.5, 0.6) is 0 Å². The fourth-order valence-electron chi connectivity index (χ4n) is 2.63. The van der Waals surface area contributed by atoms with Gasteiger partial charge in [0.15, 0.2) is 0 Å². The molecule has 0 fully saturated rings. The van der Waals surface area contributed by atoms with Crippen LogP contribution in [0.1, 0.15) is 23.0 Å². The standard InChI is InChI=1S/C20H18ClN3O2/c1-14(13-15-7-5-6-10-17(15)21)22-20(26)18-11-12-19(25)24(23-18)16-8-3-2-4-9-16/h2-12,14H,13H2,1H3,(H,22,26)/t14-/m0/s1. The minimum absolute atomic E-state index is 0.138. The van der Waals surface area contributed by atoms with Crippen LogP contribution in [0.4, 0.5) is 0 Å². The molecule has 5 nitrogen and oxygen atoms in total. The Balaban J connectivity index is 1.76. The number of rotatable bonds is 5. The number of halogens is 1. The first-order chi connectivity index (χ1) is 12.5. The van der Waals surface area contributed by atoms with E-state index in [0.29, 0.717) is 17.1 Å². The van der Waals surface area contributed by atoms with Gasteiger partial charge in [-0.25, -0.2) is 0 Å². The first-order valence-corrected chi connectivity index (χ1v) is 8.62. The minimum atomic E-state index is -0.339. The molecule has 2 aromatic carbocycles. The Labute approximate surface area is 156 Å². The Morgan fingerprint density at radius 2 is 1.77 bits per heavy atom. The van der Waals surface area contributed by atoms with Crippen molar-refractivity contribution < 1.29 is 4.79 Å². The van der Waals surface area contributed by atoms with Crippen molar-refractivity contribution in [1.82, 2.24) is 15.1 Å². The average Bonchev–Trinajstić information content (AvgIpc) is 2.64. The highest BCUT2D eigenvalue weighted by Crippen LogP contribution is 2.16. The molecule has 0 spiro atoms. The predicted molar refractivity (Wildman–Crippen MR) is 102 cm³/mol. The van der Waals surface area contributed by atoms with Gasteiger partial charge in [-0.1, -0.05) is 48.0 Å². The number of hydrogen-bond acceptors (Lipinski definition) is 3. The summed E-state index contributed by atoms with van der Waals surface area (Å²) in [5, 5.41) is 7.75. The lowest BCUT2D eigenvalue weighted by atomic mass is 10.1. The number of benzene rings is 2. The highest BCUT2D eigenvalue weighted by atomic mass is 35.5. The van der Waals surface area contributed by atoms with E-state index in [1.165, 1.54) is 16.8 Å². The topological polar surface area (TPSA) is 64.0 Å². The number of nitrogens with one attached hydrogen (secondary N) is 1. The van der Waals surface area contributed by atoms with Crippen LogP contribution in [0.3, 0.4) is 0 Å². The third kappa shape index (κ3) is 4.18. The van der Waals surface area contributed by atoms with Gasteiger partial charge < -0.3 is 5.32 Å². The Hall–Kier alpha value is -2.92. The smallest absolute Gasteiger partial charge is 0.271 e. The Morgan fingerprint density at radius 3 is 2.50 bits per heavy atom. The van der Waals surface area contributed by atoms with Gasteiger partial charge in [0.2, 0.25) is 0 Å². The van der Waals surface area contributed by atoms with Crippen molar-refractivity contribution in [3.05, 3.63) is 93.4 Å². The summed E-state index contributed by atoms with van der Waals surface area (Å²) in [6, 6.07) is 19.1. The molecule has 0 aliphatic carbocycles. The first kappa shape index (κ1) is 17.9. The molecule has 0 aliphatic rings. The highest BCUT2D eigenvalue weighted by Gasteiger charge is 2.14. The number of carbonyl (C=O) groups excluding carboxylic acids is 1. The van der Waals surface area contributed by atoms with Crippen LogP contribution in [0, 0.1) is 0 Å². The van der Waals surface area contributed by atoms with Crippen molar-refractivity contribution >= 4 is 17.5 Å². The molecular formula is C20H18ClN3O2. The van der Waals surface area contributed by atoms with Crippen LogP contribution in [0.15, 0.2) is 71.5 Å². The maximum absolute atomic E-state index is 12.5. The van der Waals surface area contributed by atoms with Gasteiger partial charge in [0.25, 0.3) is 11.5 Å². The van der Waals surface area contributed by atoms with Crippen molar-refractivity contribution in [1.29, 1.82) is 0 Å².